The Hall–Kier alpha value is -0.570. The van der Waals surface area contributed by atoms with E-state index < -0.39 is 0 Å². The van der Waals surface area contributed by atoms with Crippen LogP contribution in [0.5, 0.6) is 0 Å². The van der Waals surface area contributed by atoms with Gasteiger partial charge in [0.2, 0.25) is 0 Å². The largest absolute Gasteiger partial charge is 0.314 e. The van der Waals surface area contributed by atoms with Crippen LogP contribution in [-0.4, -0.2) is 38.1 Å². The maximum Gasteiger partial charge on any atom is 0.0438 e. The van der Waals surface area contributed by atoms with Gasteiger partial charge in [0.1, 0.15) is 0 Å². The molecule has 1 N–H and O–H groups in total. The van der Waals surface area contributed by atoms with Gasteiger partial charge in [-0.05, 0) is 51.7 Å². The van der Waals surface area contributed by atoms with Gasteiger partial charge in [-0.15, -0.1) is 0 Å². The van der Waals surface area contributed by atoms with Crippen LogP contribution in [0.15, 0.2) is 24.3 Å². The second kappa shape index (κ2) is 7.70. The SMILES string of the molecule is CCNC(CCN(C)C)Cc1ccccc1Cl. The highest BCUT2D eigenvalue weighted by Crippen LogP contribution is 2.17. The summed E-state index contributed by atoms with van der Waals surface area (Å²) in [5.74, 6) is 0. The average molecular weight is 255 g/mol. The Morgan fingerprint density at radius 2 is 2.00 bits per heavy atom. The van der Waals surface area contributed by atoms with Crippen LogP contribution in [0.2, 0.25) is 5.02 Å². The van der Waals surface area contributed by atoms with Crippen molar-refractivity contribution in [1.82, 2.24) is 10.2 Å². The zero-order valence-electron chi connectivity index (χ0n) is 11.0. The standard InChI is InChI=1S/C14H23ClN2/c1-4-16-13(9-10-17(2)3)11-12-7-5-6-8-14(12)15/h5-8,13,16H,4,9-11H2,1-3H3. The molecule has 0 aliphatic rings. The maximum atomic E-state index is 6.19. The van der Waals surface area contributed by atoms with E-state index in [-0.39, 0.29) is 0 Å². The summed E-state index contributed by atoms with van der Waals surface area (Å²) < 4.78 is 0. The van der Waals surface area contributed by atoms with Gasteiger partial charge in [-0.25, -0.2) is 0 Å². The van der Waals surface area contributed by atoms with E-state index in [4.69, 9.17) is 11.6 Å². The first kappa shape index (κ1) is 14.5. The van der Waals surface area contributed by atoms with Gasteiger partial charge in [-0.2, -0.15) is 0 Å². The van der Waals surface area contributed by atoms with Crippen molar-refractivity contribution >= 4 is 11.6 Å². The van der Waals surface area contributed by atoms with E-state index in [0.29, 0.717) is 6.04 Å². The topological polar surface area (TPSA) is 15.3 Å². The molecular formula is C14H23ClN2. The van der Waals surface area contributed by atoms with Crippen molar-refractivity contribution in [2.75, 3.05) is 27.2 Å². The van der Waals surface area contributed by atoms with Crippen molar-refractivity contribution in [3.63, 3.8) is 0 Å². The Labute approximate surface area is 110 Å². The Balaban J connectivity index is 2.56. The zero-order valence-corrected chi connectivity index (χ0v) is 11.8. The van der Waals surface area contributed by atoms with E-state index in [1.54, 1.807) is 0 Å². The van der Waals surface area contributed by atoms with Crippen LogP contribution in [0.4, 0.5) is 0 Å². The summed E-state index contributed by atoms with van der Waals surface area (Å²) in [7, 11) is 4.22. The molecule has 1 rings (SSSR count). The summed E-state index contributed by atoms with van der Waals surface area (Å²) in [6.07, 6.45) is 2.15. The van der Waals surface area contributed by atoms with Gasteiger partial charge in [0.15, 0.2) is 0 Å². The third kappa shape index (κ3) is 5.53. The first-order chi connectivity index (χ1) is 8.13. The fourth-order valence-corrected chi connectivity index (χ4v) is 2.12. The highest BCUT2D eigenvalue weighted by Gasteiger charge is 2.10. The van der Waals surface area contributed by atoms with Crippen LogP contribution >= 0.6 is 11.6 Å². The van der Waals surface area contributed by atoms with Gasteiger partial charge in [0.25, 0.3) is 0 Å². The van der Waals surface area contributed by atoms with E-state index in [1.807, 2.05) is 12.1 Å². The molecule has 0 saturated heterocycles. The van der Waals surface area contributed by atoms with Crippen LogP contribution in [0, 0.1) is 0 Å². The molecule has 1 aromatic rings. The summed E-state index contributed by atoms with van der Waals surface area (Å²) >= 11 is 6.19. The quantitative estimate of drug-likeness (QED) is 0.805. The zero-order chi connectivity index (χ0) is 12.7. The Morgan fingerprint density at radius 1 is 1.29 bits per heavy atom. The fraction of sp³-hybridized carbons (Fsp3) is 0.571. The number of nitrogens with zero attached hydrogens (tertiary/aromatic N) is 1. The number of rotatable bonds is 7. The summed E-state index contributed by atoms with van der Waals surface area (Å²) in [5.41, 5.74) is 1.24. The first-order valence-electron chi connectivity index (χ1n) is 6.25. The van der Waals surface area contributed by atoms with E-state index in [0.717, 1.165) is 31.0 Å². The second-order valence-electron chi connectivity index (χ2n) is 4.64. The molecule has 17 heavy (non-hydrogen) atoms. The van der Waals surface area contributed by atoms with Crippen LogP contribution in [0.25, 0.3) is 0 Å². The Morgan fingerprint density at radius 3 is 2.59 bits per heavy atom. The molecule has 1 atom stereocenters. The average Bonchev–Trinajstić information content (AvgIpc) is 2.29. The molecule has 1 aromatic carbocycles. The summed E-state index contributed by atoms with van der Waals surface area (Å²) in [6, 6.07) is 8.61. The summed E-state index contributed by atoms with van der Waals surface area (Å²) in [4.78, 5) is 2.22. The lowest BCUT2D eigenvalue weighted by atomic mass is 10.0. The molecular weight excluding hydrogens is 232 g/mol. The van der Waals surface area contributed by atoms with Gasteiger partial charge in [0, 0.05) is 11.1 Å². The molecule has 0 heterocycles. The predicted octanol–water partition coefficient (Wildman–Crippen LogP) is 2.81. The maximum absolute atomic E-state index is 6.19. The fourth-order valence-electron chi connectivity index (χ4n) is 1.91. The molecule has 96 valence electrons. The van der Waals surface area contributed by atoms with Crippen molar-refractivity contribution in [3.8, 4) is 0 Å². The Kier molecular flexibility index (Phi) is 6.56. The van der Waals surface area contributed by atoms with Crippen molar-refractivity contribution in [3.05, 3.63) is 34.9 Å². The third-order valence-corrected chi connectivity index (χ3v) is 3.21. The van der Waals surface area contributed by atoms with E-state index in [2.05, 4.69) is 43.4 Å². The second-order valence-corrected chi connectivity index (χ2v) is 5.05. The molecule has 0 bridgehead atoms. The highest BCUT2D eigenvalue weighted by atomic mass is 35.5. The summed E-state index contributed by atoms with van der Waals surface area (Å²) in [6.45, 7) is 4.25. The molecule has 2 nitrogen and oxygen atoms in total. The minimum absolute atomic E-state index is 0.502. The van der Waals surface area contributed by atoms with Gasteiger partial charge in [0.05, 0.1) is 0 Å². The number of nitrogens with one attached hydrogen (secondary N) is 1. The molecule has 0 fully saturated rings. The number of likely N-dealkylation sites (N-methyl/N-ethyl adjacent to an activating group) is 1. The highest BCUT2D eigenvalue weighted by molar-refractivity contribution is 6.31. The number of hydrogen-bond donors (Lipinski definition) is 1. The molecule has 0 aromatic heterocycles. The van der Waals surface area contributed by atoms with Crippen molar-refractivity contribution in [2.45, 2.75) is 25.8 Å². The molecule has 0 aliphatic carbocycles. The third-order valence-electron chi connectivity index (χ3n) is 2.84. The molecule has 1 unspecified atom stereocenters. The lowest BCUT2D eigenvalue weighted by molar-refractivity contribution is 0.358. The smallest absolute Gasteiger partial charge is 0.0438 e. The Bertz CT molecular complexity index is 326. The van der Waals surface area contributed by atoms with Crippen LogP contribution in [-0.2, 0) is 6.42 Å². The van der Waals surface area contributed by atoms with Gasteiger partial charge in [-0.3, -0.25) is 0 Å². The van der Waals surface area contributed by atoms with Crippen LogP contribution in [0.3, 0.4) is 0 Å². The van der Waals surface area contributed by atoms with Crippen molar-refractivity contribution < 1.29 is 0 Å². The van der Waals surface area contributed by atoms with E-state index in [9.17, 15) is 0 Å². The molecule has 0 saturated carbocycles. The monoisotopic (exact) mass is 254 g/mol. The molecule has 0 aliphatic heterocycles. The number of benzene rings is 1. The predicted molar refractivity (Wildman–Crippen MR) is 75.8 cm³/mol. The number of halogens is 1. The minimum atomic E-state index is 0.502. The lowest BCUT2D eigenvalue weighted by Crippen LogP contribution is -2.34. The van der Waals surface area contributed by atoms with Crippen LogP contribution in [0.1, 0.15) is 18.9 Å². The van der Waals surface area contributed by atoms with Gasteiger partial charge < -0.3 is 10.2 Å². The molecule has 0 radical (unpaired) electrons. The van der Waals surface area contributed by atoms with Gasteiger partial charge in [-0.1, -0.05) is 36.7 Å². The normalized spacial score (nSPS) is 13.0. The molecule has 0 amide bonds. The van der Waals surface area contributed by atoms with E-state index >= 15 is 0 Å². The molecule has 0 spiro atoms. The van der Waals surface area contributed by atoms with Gasteiger partial charge >= 0.3 is 0 Å². The van der Waals surface area contributed by atoms with Crippen molar-refractivity contribution in [1.29, 1.82) is 0 Å². The van der Waals surface area contributed by atoms with E-state index in [1.165, 1.54) is 5.56 Å². The minimum Gasteiger partial charge on any atom is -0.314 e. The lowest BCUT2D eigenvalue weighted by Gasteiger charge is -2.20. The number of hydrogen-bond acceptors (Lipinski definition) is 2. The van der Waals surface area contributed by atoms with Crippen LogP contribution < -0.4 is 5.32 Å². The summed E-state index contributed by atoms with van der Waals surface area (Å²) in [5, 5.41) is 4.40. The first-order valence-corrected chi connectivity index (χ1v) is 6.62. The molecule has 3 heteroatoms. The van der Waals surface area contributed by atoms with Crippen molar-refractivity contribution in [2.24, 2.45) is 0 Å².